The zero-order chi connectivity index (χ0) is 31.8. The van der Waals surface area contributed by atoms with Crippen molar-refractivity contribution in [3.05, 3.63) is 136 Å². The maximum Gasteiger partial charge on any atom is 0.338 e. The van der Waals surface area contributed by atoms with Crippen molar-refractivity contribution in [3.8, 4) is 5.69 Å². The number of aromatic nitrogens is 2. The molecule has 0 bridgehead atoms. The molecule has 10 heteroatoms. The Labute approximate surface area is 267 Å². The Bertz CT molecular complexity index is 2150. The Morgan fingerprint density at radius 1 is 1.00 bits per heavy atom. The second-order valence-corrected chi connectivity index (χ2v) is 12.5. The van der Waals surface area contributed by atoms with Gasteiger partial charge >= 0.3 is 11.9 Å². The van der Waals surface area contributed by atoms with Crippen molar-refractivity contribution in [1.29, 1.82) is 0 Å². The molecule has 2 aromatic carbocycles. The summed E-state index contributed by atoms with van der Waals surface area (Å²) in [4.78, 5) is 46.4. The topological polar surface area (TPSA) is 91.9 Å². The van der Waals surface area contributed by atoms with Crippen molar-refractivity contribution in [3.63, 3.8) is 0 Å². The summed E-state index contributed by atoms with van der Waals surface area (Å²) in [6.45, 7) is 7.84. The fourth-order valence-corrected chi connectivity index (χ4v) is 7.61. The molecule has 5 aromatic rings. The van der Waals surface area contributed by atoms with Gasteiger partial charge in [0, 0.05) is 27.5 Å². The molecule has 0 fully saturated rings. The van der Waals surface area contributed by atoms with Crippen LogP contribution in [0.15, 0.2) is 87.5 Å². The van der Waals surface area contributed by atoms with E-state index in [1.165, 1.54) is 29.8 Å². The van der Waals surface area contributed by atoms with Gasteiger partial charge in [-0.1, -0.05) is 53.8 Å². The number of esters is 2. The van der Waals surface area contributed by atoms with E-state index in [1.807, 2.05) is 92.9 Å². The number of thiazole rings is 1. The molecule has 45 heavy (non-hydrogen) atoms. The quantitative estimate of drug-likeness (QED) is 0.220. The van der Waals surface area contributed by atoms with Crippen LogP contribution in [0.5, 0.6) is 0 Å². The summed E-state index contributed by atoms with van der Waals surface area (Å²) in [5, 5.41) is 1.93. The van der Waals surface area contributed by atoms with Gasteiger partial charge in [-0.05, 0) is 74.5 Å². The zero-order valence-corrected chi connectivity index (χ0v) is 27.1. The minimum Gasteiger partial charge on any atom is -0.465 e. The van der Waals surface area contributed by atoms with E-state index in [0.717, 1.165) is 38.6 Å². The van der Waals surface area contributed by atoms with Crippen LogP contribution in [0.25, 0.3) is 17.5 Å². The summed E-state index contributed by atoms with van der Waals surface area (Å²) in [7, 11) is 1.37. The number of hydrogen-bond acceptors (Lipinski definition) is 8. The molecule has 0 amide bonds. The average Bonchev–Trinajstić information content (AvgIpc) is 3.75. The lowest BCUT2D eigenvalue weighted by atomic mass is 9.97. The van der Waals surface area contributed by atoms with E-state index in [4.69, 9.17) is 14.5 Å². The maximum absolute atomic E-state index is 14.2. The van der Waals surface area contributed by atoms with Crippen LogP contribution in [-0.2, 0) is 14.3 Å². The van der Waals surface area contributed by atoms with Crippen molar-refractivity contribution in [2.24, 2.45) is 4.99 Å². The summed E-state index contributed by atoms with van der Waals surface area (Å²) < 4.78 is 14.7. The first-order valence-corrected chi connectivity index (χ1v) is 16.1. The van der Waals surface area contributed by atoms with Crippen molar-refractivity contribution < 1.29 is 19.1 Å². The van der Waals surface area contributed by atoms with E-state index in [2.05, 4.69) is 4.57 Å². The number of carbonyl (C=O) groups is 2. The van der Waals surface area contributed by atoms with E-state index in [9.17, 15) is 14.4 Å². The SMILES string of the molecule is CCOC(=O)C1=C(c2ccccc2)N=c2s/c(=C/c3cc(C)n(-c4cccc(C(=O)OC)c4C)c3C)c(=O)n2[C@@H]1c1cccs1. The number of benzene rings is 2. The lowest BCUT2D eigenvalue weighted by Gasteiger charge is -2.24. The first-order valence-electron chi connectivity index (χ1n) is 14.4. The number of nitrogens with zero attached hydrogens (tertiary/aromatic N) is 3. The van der Waals surface area contributed by atoms with Crippen molar-refractivity contribution in [1.82, 2.24) is 9.13 Å². The van der Waals surface area contributed by atoms with E-state index in [-0.39, 0.29) is 12.2 Å². The molecule has 0 radical (unpaired) electrons. The van der Waals surface area contributed by atoms with Crippen LogP contribution in [0.3, 0.4) is 0 Å². The van der Waals surface area contributed by atoms with Gasteiger partial charge in [-0.3, -0.25) is 9.36 Å². The molecule has 1 aliphatic rings. The van der Waals surface area contributed by atoms with Crippen molar-refractivity contribution in [2.75, 3.05) is 13.7 Å². The van der Waals surface area contributed by atoms with E-state index in [1.54, 1.807) is 17.6 Å². The lowest BCUT2D eigenvalue weighted by molar-refractivity contribution is -0.138. The van der Waals surface area contributed by atoms with Crippen LogP contribution in [-0.4, -0.2) is 34.8 Å². The molecule has 0 saturated carbocycles. The predicted molar refractivity (Wildman–Crippen MR) is 177 cm³/mol. The van der Waals surface area contributed by atoms with Gasteiger partial charge in [0.25, 0.3) is 5.56 Å². The van der Waals surface area contributed by atoms with Crippen LogP contribution in [0, 0.1) is 20.8 Å². The molecule has 8 nitrogen and oxygen atoms in total. The van der Waals surface area contributed by atoms with E-state index < -0.39 is 18.0 Å². The fourth-order valence-electron chi connectivity index (χ4n) is 5.80. The van der Waals surface area contributed by atoms with Gasteiger partial charge < -0.3 is 14.0 Å². The molecule has 4 heterocycles. The number of rotatable bonds is 7. The molecule has 0 N–H and O–H groups in total. The highest BCUT2D eigenvalue weighted by Gasteiger charge is 2.35. The Morgan fingerprint density at radius 2 is 1.78 bits per heavy atom. The highest BCUT2D eigenvalue weighted by Crippen LogP contribution is 2.37. The van der Waals surface area contributed by atoms with Crippen LogP contribution in [0.4, 0.5) is 0 Å². The highest BCUT2D eigenvalue weighted by molar-refractivity contribution is 7.10. The molecule has 6 rings (SSSR count). The number of ether oxygens (including phenoxy) is 2. The van der Waals surface area contributed by atoms with Crippen LogP contribution in [0.2, 0.25) is 0 Å². The van der Waals surface area contributed by atoms with Gasteiger partial charge in [0.05, 0.1) is 35.1 Å². The van der Waals surface area contributed by atoms with Crippen molar-refractivity contribution >= 4 is 46.4 Å². The number of thiophene rings is 1. The highest BCUT2D eigenvalue weighted by atomic mass is 32.1. The second kappa shape index (κ2) is 12.3. The Balaban J connectivity index is 1.56. The van der Waals surface area contributed by atoms with Gasteiger partial charge in [0.1, 0.15) is 6.04 Å². The first-order chi connectivity index (χ1) is 21.7. The number of carbonyl (C=O) groups excluding carboxylic acids is 2. The fraction of sp³-hybridized carbons (Fsp3) is 0.200. The lowest BCUT2D eigenvalue weighted by Crippen LogP contribution is -2.39. The van der Waals surface area contributed by atoms with Gasteiger partial charge in [-0.2, -0.15) is 0 Å². The molecule has 1 aliphatic heterocycles. The molecule has 0 saturated heterocycles. The summed E-state index contributed by atoms with van der Waals surface area (Å²) in [5.41, 5.74) is 6.25. The average molecular weight is 638 g/mol. The first kappa shape index (κ1) is 30.2. The minimum atomic E-state index is -0.686. The predicted octanol–water partition coefficient (Wildman–Crippen LogP) is 5.50. The van der Waals surface area contributed by atoms with Crippen LogP contribution < -0.4 is 14.9 Å². The molecule has 0 unspecified atom stereocenters. The molecular weight excluding hydrogens is 607 g/mol. The number of fused-ring (bicyclic) bond motifs is 1. The van der Waals surface area contributed by atoms with Gasteiger partial charge in [0.2, 0.25) is 0 Å². The minimum absolute atomic E-state index is 0.198. The van der Waals surface area contributed by atoms with Gasteiger partial charge in [-0.15, -0.1) is 11.3 Å². The standard InChI is InChI=1S/C35H31N3O5S2/c1-6-43-34(41)29-30(23-12-8-7-9-13-23)36-35-38(31(29)27-16-11-17-44-27)32(39)28(45-35)19-24-18-20(2)37(22(24)4)26-15-10-14-25(21(26)3)33(40)42-5/h7-19,31H,6H2,1-5H3/b28-19+/t31-/m1/s1. The summed E-state index contributed by atoms with van der Waals surface area (Å²) in [6, 6.07) is 20.2. The number of aryl methyl sites for hydroxylation is 1. The molecule has 3 aromatic heterocycles. The van der Waals surface area contributed by atoms with E-state index >= 15 is 0 Å². The Morgan fingerprint density at radius 3 is 2.47 bits per heavy atom. The number of hydrogen-bond donors (Lipinski definition) is 0. The normalized spacial score (nSPS) is 14.7. The van der Waals surface area contributed by atoms with Crippen LogP contribution in [0.1, 0.15) is 56.3 Å². The largest absolute Gasteiger partial charge is 0.465 e. The Kier molecular flexibility index (Phi) is 8.26. The third-order valence-electron chi connectivity index (χ3n) is 7.89. The molecule has 0 spiro atoms. The zero-order valence-electron chi connectivity index (χ0n) is 25.5. The van der Waals surface area contributed by atoms with Crippen molar-refractivity contribution in [2.45, 2.75) is 33.7 Å². The molecule has 1 atom stereocenters. The second-order valence-electron chi connectivity index (χ2n) is 10.6. The smallest absolute Gasteiger partial charge is 0.338 e. The molecule has 228 valence electrons. The summed E-state index contributed by atoms with van der Waals surface area (Å²) >= 11 is 2.77. The number of methoxy groups -OCH3 is 1. The third kappa shape index (κ3) is 5.30. The summed E-state index contributed by atoms with van der Waals surface area (Å²) in [5.74, 6) is -0.892. The maximum atomic E-state index is 14.2. The van der Waals surface area contributed by atoms with Crippen LogP contribution >= 0.6 is 22.7 Å². The monoisotopic (exact) mass is 637 g/mol. The van der Waals surface area contributed by atoms with E-state index in [0.29, 0.717) is 26.2 Å². The molecular formula is C35H31N3O5S2. The summed E-state index contributed by atoms with van der Waals surface area (Å²) in [6.07, 6.45) is 1.88. The third-order valence-corrected chi connectivity index (χ3v) is 9.80. The van der Waals surface area contributed by atoms with Gasteiger partial charge in [-0.25, -0.2) is 14.6 Å². The van der Waals surface area contributed by atoms with Gasteiger partial charge in [0.15, 0.2) is 4.80 Å². The Hall–Kier alpha value is -4.80. The molecule has 0 aliphatic carbocycles.